The molecule has 0 aliphatic heterocycles. The molecule has 0 radical (unpaired) electrons. The molecule has 0 spiro atoms. The highest BCUT2D eigenvalue weighted by Gasteiger charge is 2.43. The van der Waals surface area contributed by atoms with Crippen molar-refractivity contribution < 1.29 is 0 Å². The van der Waals surface area contributed by atoms with Crippen molar-refractivity contribution in [2.75, 3.05) is 0 Å². The Bertz CT molecular complexity index is 1080. The number of rotatable bonds is 8. The number of hydrogen-bond donors (Lipinski definition) is 0. The maximum absolute atomic E-state index is 2.48. The average molecular weight is 495 g/mol. The first-order valence-corrected chi connectivity index (χ1v) is 15.8. The fraction of sp³-hybridized carbons (Fsp3) is 0.273. The van der Waals surface area contributed by atoms with Crippen molar-refractivity contribution >= 4 is 37.1 Å². The van der Waals surface area contributed by atoms with E-state index < -0.39 is 15.8 Å². The Morgan fingerprint density at radius 1 is 0.543 bits per heavy atom. The Morgan fingerprint density at radius 2 is 0.943 bits per heavy atom. The van der Waals surface area contributed by atoms with E-state index in [-0.39, 0.29) is 0 Å². The summed E-state index contributed by atoms with van der Waals surface area (Å²) >= 11 is 0. The number of hydrogen-bond acceptors (Lipinski definition) is 0. The van der Waals surface area contributed by atoms with Crippen LogP contribution in [0.1, 0.15) is 33.1 Å². The molecule has 0 nitrogen and oxygen atoms in total. The van der Waals surface area contributed by atoms with Gasteiger partial charge in [0.25, 0.3) is 0 Å². The molecule has 1 saturated carbocycles. The van der Waals surface area contributed by atoms with Gasteiger partial charge in [0.15, 0.2) is 0 Å². The minimum absolute atomic E-state index is 0.401. The highest BCUT2D eigenvalue weighted by atomic mass is 31.1. The van der Waals surface area contributed by atoms with Crippen molar-refractivity contribution in [3.8, 4) is 0 Å². The average Bonchev–Trinajstić information content (AvgIpc) is 3.38. The van der Waals surface area contributed by atoms with Crippen LogP contribution in [0.4, 0.5) is 0 Å². The van der Waals surface area contributed by atoms with Crippen LogP contribution in [-0.4, -0.2) is 11.3 Å². The van der Waals surface area contributed by atoms with Crippen LogP contribution in [0, 0.1) is 11.8 Å². The molecule has 0 N–H and O–H groups in total. The summed E-state index contributed by atoms with van der Waals surface area (Å²) in [5.41, 5.74) is 1.39. The van der Waals surface area contributed by atoms with Crippen LogP contribution in [0.25, 0.3) is 0 Å². The molecule has 0 bridgehead atoms. The predicted octanol–water partition coefficient (Wildman–Crippen LogP) is 7.45. The first kappa shape index (κ1) is 24.4. The van der Waals surface area contributed by atoms with E-state index in [1.54, 1.807) is 0 Å². The van der Waals surface area contributed by atoms with Gasteiger partial charge in [-0.25, -0.2) is 0 Å². The maximum atomic E-state index is 2.48. The molecule has 178 valence electrons. The van der Waals surface area contributed by atoms with Crippen LogP contribution in [0.15, 0.2) is 121 Å². The van der Waals surface area contributed by atoms with E-state index in [0.717, 1.165) is 11.6 Å². The molecule has 0 heterocycles. The Kier molecular flexibility index (Phi) is 8.13. The molecular weight excluding hydrogens is 458 g/mol. The van der Waals surface area contributed by atoms with Gasteiger partial charge in [-0.3, -0.25) is 0 Å². The molecular formula is C33H36P2. The molecule has 3 atom stereocenters. The zero-order valence-electron chi connectivity index (χ0n) is 20.9. The third-order valence-electron chi connectivity index (χ3n) is 7.42. The van der Waals surface area contributed by atoms with Crippen molar-refractivity contribution in [2.24, 2.45) is 11.8 Å². The molecule has 0 unspecified atom stereocenters. The van der Waals surface area contributed by atoms with Gasteiger partial charge in [-0.1, -0.05) is 142 Å². The van der Waals surface area contributed by atoms with Crippen molar-refractivity contribution in [3.63, 3.8) is 0 Å². The van der Waals surface area contributed by atoms with Crippen LogP contribution in [0.5, 0.6) is 0 Å². The Hall–Kier alpha value is -2.26. The molecule has 0 amide bonds. The first-order chi connectivity index (χ1) is 17.2. The smallest absolute Gasteiger partial charge is 0.00712 e. The summed E-state index contributed by atoms with van der Waals surface area (Å²) in [6.45, 7) is 4.96. The highest BCUT2D eigenvalue weighted by Crippen LogP contribution is 2.58. The normalized spacial score (nSPS) is 18.9. The van der Waals surface area contributed by atoms with E-state index in [0.29, 0.717) is 11.6 Å². The standard InChI is InChI=1S/C33H36P2/c1-26(2)33(35(29-20-11-5-12-21-29)30-22-13-6-14-23-30)31-24-15-25-32(31)34(27-16-7-3-8-17-27)28-18-9-4-10-19-28/h3-14,16-23,26,31-33H,15,24-25H2,1-2H3/t31-,32-,33+/m1/s1. The van der Waals surface area contributed by atoms with Crippen LogP contribution < -0.4 is 21.2 Å². The van der Waals surface area contributed by atoms with Crippen molar-refractivity contribution in [1.29, 1.82) is 0 Å². The van der Waals surface area contributed by atoms with Gasteiger partial charge in [0.1, 0.15) is 0 Å². The second kappa shape index (κ2) is 11.6. The summed E-state index contributed by atoms with van der Waals surface area (Å²) in [4.78, 5) is 0. The molecule has 0 aromatic heterocycles. The van der Waals surface area contributed by atoms with Crippen molar-refractivity contribution in [1.82, 2.24) is 0 Å². The van der Waals surface area contributed by atoms with Crippen molar-refractivity contribution in [3.05, 3.63) is 121 Å². The number of benzene rings is 4. The van der Waals surface area contributed by atoms with Gasteiger partial charge in [0.2, 0.25) is 0 Å². The lowest BCUT2D eigenvalue weighted by molar-refractivity contribution is 0.437. The Balaban J connectivity index is 1.60. The summed E-state index contributed by atoms with van der Waals surface area (Å²) in [5, 5.41) is 6.14. The van der Waals surface area contributed by atoms with Gasteiger partial charge in [0.05, 0.1) is 0 Å². The summed E-state index contributed by atoms with van der Waals surface area (Å²) in [6, 6.07) is 45.6. The van der Waals surface area contributed by atoms with Crippen LogP contribution in [0.2, 0.25) is 0 Å². The molecule has 1 aliphatic carbocycles. The van der Waals surface area contributed by atoms with E-state index in [1.807, 2.05) is 0 Å². The lowest BCUT2D eigenvalue weighted by Crippen LogP contribution is -2.37. The monoisotopic (exact) mass is 494 g/mol. The largest absolute Gasteiger partial charge is 0.0622 e. The molecule has 1 fully saturated rings. The first-order valence-electron chi connectivity index (χ1n) is 13.0. The van der Waals surface area contributed by atoms with Gasteiger partial charge >= 0.3 is 0 Å². The van der Waals surface area contributed by atoms with Gasteiger partial charge in [-0.2, -0.15) is 0 Å². The third-order valence-corrected chi connectivity index (χ3v) is 13.7. The topological polar surface area (TPSA) is 0 Å². The van der Waals surface area contributed by atoms with E-state index in [1.165, 1.54) is 40.5 Å². The summed E-state index contributed by atoms with van der Waals surface area (Å²) < 4.78 is 0. The Labute approximate surface area is 214 Å². The summed E-state index contributed by atoms with van der Waals surface area (Å²) in [5.74, 6) is 1.36. The van der Waals surface area contributed by atoms with Crippen LogP contribution >= 0.6 is 15.8 Å². The summed E-state index contributed by atoms with van der Waals surface area (Å²) in [6.07, 6.45) is 4.05. The van der Waals surface area contributed by atoms with Crippen LogP contribution in [0.3, 0.4) is 0 Å². The quantitative estimate of drug-likeness (QED) is 0.223. The van der Waals surface area contributed by atoms with Gasteiger partial charge < -0.3 is 0 Å². The highest BCUT2D eigenvalue weighted by molar-refractivity contribution is 7.74. The lowest BCUT2D eigenvalue weighted by atomic mass is 9.94. The zero-order chi connectivity index (χ0) is 24.0. The second-order valence-electron chi connectivity index (χ2n) is 9.98. The van der Waals surface area contributed by atoms with Crippen molar-refractivity contribution in [2.45, 2.75) is 44.4 Å². The van der Waals surface area contributed by atoms with E-state index in [4.69, 9.17) is 0 Å². The van der Waals surface area contributed by atoms with Gasteiger partial charge in [-0.15, -0.1) is 0 Å². The van der Waals surface area contributed by atoms with E-state index in [9.17, 15) is 0 Å². The summed E-state index contributed by atoms with van der Waals surface area (Å²) in [7, 11) is -0.844. The molecule has 2 heteroatoms. The Morgan fingerprint density at radius 3 is 1.34 bits per heavy atom. The van der Waals surface area contributed by atoms with E-state index >= 15 is 0 Å². The molecule has 4 aromatic carbocycles. The minimum atomic E-state index is -0.444. The molecule has 1 aliphatic rings. The second-order valence-corrected chi connectivity index (χ2v) is 14.8. The predicted molar refractivity (Wildman–Crippen MR) is 158 cm³/mol. The van der Waals surface area contributed by atoms with Gasteiger partial charge in [-0.05, 0) is 73.1 Å². The molecule has 5 rings (SSSR count). The van der Waals surface area contributed by atoms with Crippen LogP contribution in [-0.2, 0) is 0 Å². The molecule has 0 saturated heterocycles. The SMILES string of the molecule is CC(C)[C@@H]([C@@H]1CCC[C@H]1P(c1ccccc1)c1ccccc1)P(c1ccccc1)c1ccccc1. The van der Waals surface area contributed by atoms with E-state index in [2.05, 4.69) is 135 Å². The zero-order valence-corrected chi connectivity index (χ0v) is 22.7. The fourth-order valence-electron chi connectivity index (χ4n) is 6.05. The third kappa shape index (κ3) is 5.45. The lowest BCUT2D eigenvalue weighted by Gasteiger charge is -2.41. The molecule has 4 aromatic rings. The fourth-order valence-corrected chi connectivity index (χ4v) is 12.7. The molecule has 35 heavy (non-hydrogen) atoms. The maximum Gasteiger partial charge on any atom is -0.00712 e. The van der Waals surface area contributed by atoms with Gasteiger partial charge in [0, 0.05) is 0 Å². The minimum Gasteiger partial charge on any atom is -0.0622 e.